The van der Waals surface area contributed by atoms with E-state index < -0.39 is 0 Å². The third-order valence-corrected chi connectivity index (χ3v) is 3.50. The quantitative estimate of drug-likeness (QED) is 0.890. The van der Waals surface area contributed by atoms with E-state index in [1.54, 1.807) is 0 Å². The molecule has 1 aromatic heterocycles. The Hall–Kier alpha value is -1.22. The highest BCUT2D eigenvalue weighted by Crippen LogP contribution is 2.23. The highest BCUT2D eigenvalue weighted by atomic mass is 32.2. The van der Waals surface area contributed by atoms with Crippen molar-refractivity contribution >= 4 is 28.4 Å². The first kappa shape index (κ1) is 12.2. The molecule has 2 nitrogen and oxygen atoms in total. The normalized spacial score (nSPS) is 12.6. The molecule has 3 heteroatoms. The molecule has 1 atom stereocenters. The highest BCUT2D eigenvalue weighted by Gasteiger charge is 2.06. The number of pyridine rings is 1. The van der Waals surface area contributed by atoms with Crippen molar-refractivity contribution in [3.05, 3.63) is 36.0 Å². The molecule has 0 fully saturated rings. The van der Waals surface area contributed by atoms with Gasteiger partial charge in [-0.25, -0.2) is 0 Å². The van der Waals surface area contributed by atoms with Gasteiger partial charge in [0.15, 0.2) is 0 Å². The molecular weight excluding hydrogens is 228 g/mol. The lowest BCUT2D eigenvalue weighted by atomic mass is 10.1. The van der Waals surface area contributed by atoms with Gasteiger partial charge < -0.3 is 5.32 Å². The Morgan fingerprint density at radius 2 is 2.12 bits per heavy atom. The molecule has 0 bridgehead atoms. The molecule has 2 rings (SSSR count). The molecule has 0 saturated carbocycles. The first-order valence-electron chi connectivity index (χ1n) is 5.82. The van der Waals surface area contributed by atoms with Gasteiger partial charge in [0.2, 0.25) is 0 Å². The number of thioether (sulfide) groups is 1. The smallest absolute Gasteiger partial charge is 0.0725 e. The number of fused-ring (bicyclic) bond motifs is 1. The zero-order chi connectivity index (χ0) is 12.3. The van der Waals surface area contributed by atoms with E-state index in [1.807, 2.05) is 24.8 Å². The number of rotatable bonds is 4. The summed E-state index contributed by atoms with van der Waals surface area (Å²) in [5.41, 5.74) is 3.31. The molecule has 0 aliphatic heterocycles. The van der Waals surface area contributed by atoms with Crippen LogP contribution < -0.4 is 5.32 Å². The summed E-state index contributed by atoms with van der Waals surface area (Å²) in [6.07, 6.45) is 2.13. The second-order valence-corrected chi connectivity index (χ2v) is 5.24. The van der Waals surface area contributed by atoms with Crippen LogP contribution in [0.1, 0.15) is 12.6 Å². The number of anilines is 1. The number of aryl methyl sites for hydroxylation is 1. The predicted octanol–water partition coefficient (Wildman–Crippen LogP) is 3.71. The van der Waals surface area contributed by atoms with Crippen LogP contribution in [0.5, 0.6) is 0 Å². The number of hydrogen-bond acceptors (Lipinski definition) is 3. The average Bonchev–Trinajstić information content (AvgIpc) is 2.29. The van der Waals surface area contributed by atoms with Crippen LogP contribution in [0.4, 0.5) is 5.69 Å². The van der Waals surface area contributed by atoms with Crippen LogP contribution in [0.3, 0.4) is 0 Å². The van der Waals surface area contributed by atoms with E-state index in [0.29, 0.717) is 6.04 Å². The molecule has 1 unspecified atom stereocenters. The SMILES string of the molecule is CSCC(C)Nc1cc(C)nc2ccccc12. The van der Waals surface area contributed by atoms with Crippen LogP contribution in [-0.2, 0) is 0 Å². The number of para-hydroxylation sites is 1. The van der Waals surface area contributed by atoms with Crippen LogP contribution in [0, 0.1) is 6.92 Å². The van der Waals surface area contributed by atoms with Crippen molar-refractivity contribution in [3.8, 4) is 0 Å². The second kappa shape index (κ2) is 5.41. The van der Waals surface area contributed by atoms with Gasteiger partial charge in [-0.15, -0.1) is 0 Å². The fourth-order valence-electron chi connectivity index (χ4n) is 1.98. The lowest BCUT2D eigenvalue weighted by Crippen LogP contribution is -2.18. The molecule has 17 heavy (non-hydrogen) atoms. The second-order valence-electron chi connectivity index (χ2n) is 4.33. The van der Waals surface area contributed by atoms with Gasteiger partial charge in [-0.3, -0.25) is 4.98 Å². The Kier molecular flexibility index (Phi) is 3.89. The largest absolute Gasteiger partial charge is 0.381 e. The maximum absolute atomic E-state index is 4.54. The topological polar surface area (TPSA) is 24.9 Å². The maximum Gasteiger partial charge on any atom is 0.0725 e. The van der Waals surface area contributed by atoms with Crippen molar-refractivity contribution in [3.63, 3.8) is 0 Å². The Morgan fingerprint density at radius 1 is 1.35 bits per heavy atom. The van der Waals surface area contributed by atoms with Crippen molar-refractivity contribution in [1.82, 2.24) is 4.98 Å². The van der Waals surface area contributed by atoms with Gasteiger partial charge in [0.25, 0.3) is 0 Å². The van der Waals surface area contributed by atoms with E-state index in [1.165, 1.54) is 11.1 Å². The standard InChI is InChI=1S/C14H18N2S/c1-10-8-14(16-11(2)9-17-3)12-6-4-5-7-13(12)15-10/h4-8,11H,9H2,1-3H3,(H,15,16). The third-order valence-electron chi connectivity index (χ3n) is 2.66. The first-order chi connectivity index (χ1) is 8.20. The van der Waals surface area contributed by atoms with Crippen molar-refractivity contribution < 1.29 is 0 Å². The van der Waals surface area contributed by atoms with Gasteiger partial charge >= 0.3 is 0 Å². The van der Waals surface area contributed by atoms with E-state index >= 15 is 0 Å². The molecule has 0 saturated heterocycles. The lowest BCUT2D eigenvalue weighted by molar-refractivity contribution is 0.915. The summed E-state index contributed by atoms with van der Waals surface area (Å²) in [5, 5.41) is 4.77. The van der Waals surface area contributed by atoms with Crippen LogP contribution in [0.2, 0.25) is 0 Å². The monoisotopic (exact) mass is 246 g/mol. The molecule has 0 aliphatic rings. The van der Waals surface area contributed by atoms with Crippen molar-refractivity contribution in [2.45, 2.75) is 19.9 Å². The summed E-state index contributed by atoms with van der Waals surface area (Å²) in [5.74, 6) is 1.11. The van der Waals surface area contributed by atoms with Gasteiger partial charge in [-0.1, -0.05) is 18.2 Å². The highest BCUT2D eigenvalue weighted by molar-refractivity contribution is 7.98. The summed E-state index contributed by atoms with van der Waals surface area (Å²) in [6.45, 7) is 4.25. The number of nitrogens with zero attached hydrogens (tertiary/aromatic N) is 1. The van der Waals surface area contributed by atoms with Gasteiger partial charge in [-0.05, 0) is 32.2 Å². The zero-order valence-electron chi connectivity index (χ0n) is 10.5. The van der Waals surface area contributed by atoms with Crippen molar-refractivity contribution in [2.75, 3.05) is 17.3 Å². The minimum Gasteiger partial charge on any atom is -0.381 e. The van der Waals surface area contributed by atoms with Crippen LogP contribution in [0.15, 0.2) is 30.3 Å². The van der Waals surface area contributed by atoms with Crippen molar-refractivity contribution in [2.24, 2.45) is 0 Å². The molecule has 1 aromatic carbocycles. The van der Waals surface area contributed by atoms with Gasteiger partial charge in [-0.2, -0.15) is 11.8 Å². The number of hydrogen-bond donors (Lipinski definition) is 1. The Bertz CT molecular complexity index is 511. The summed E-state index contributed by atoms with van der Waals surface area (Å²) in [4.78, 5) is 4.54. The molecule has 0 spiro atoms. The summed E-state index contributed by atoms with van der Waals surface area (Å²) in [7, 11) is 0. The van der Waals surface area contributed by atoms with Crippen LogP contribution >= 0.6 is 11.8 Å². The average molecular weight is 246 g/mol. The Morgan fingerprint density at radius 3 is 2.88 bits per heavy atom. The lowest BCUT2D eigenvalue weighted by Gasteiger charge is -2.16. The fraction of sp³-hybridized carbons (Fsp3) is 0.357. The van der Waals surface area contributed by atoms with E-state index in [9.17, 15) is 0 Å². The Balaban J connectivity index is 2.38. The third kappa shape index (κ3) is 2.91. The molecule has 0 radical (unpaired) electrons. The Labute approximate surface area is 107 Å². The molecule has 2 aromatic rings. The first-order valence-corrected chi connectivity index (χ1v) is 7.22. The summed E-state index contributed by atoms with van der Waals surface area (Å²) < 4.78 is 0. The fourth-order valence-corrected chi connectivity index (χ4v) is 2.57. The molecular formula is C14H18N2S. The van der Waals surface area contributed by atoms with E-state index in [2.05, 4.69) is 47.7 Å². The maximum atomic E-state index is 4.54. The minimum absolute atomic E-state index is 0.468. The predicted molar refractivity (Wildman–Crippen MR) is 77.9 cm³/mol. The van der Waals surface area contributed by atoms with Gasteiger partial charge in [0.1, 0.15) is 0 Å². The zero-order valence-corrected chi connectivity index (χ0v) is 11.3. The number of benzene rings is 1. The summed E-state index contributed by atoms with van der Waals surface area (Å²) in [6, 6.07) is 10.9. The van der Waals surface area contributed by atoms with E-state index in [4.69, 9.17) is 0 Å². The molecule has 1 heterocycles. The van der Waals surface area contributed by atoms with Gasteiger partial charge in [0, 0.05) is 28.6 Å². The van der Waals surface area contributed by atoms with E-state index in [-0.39, 0.29) is 0 Å². The molecule has 1 N–H and O–H groups in total. The van der Waals surface area contributed by atoms with Crippen LogP contribution in [-0.4, -0.2) is 23.0 Å². The van der Waals surface area contributed by atoms with Crippen molar-refractivity contribution in [1.29, 1.82) is 0 Å². The van der Waals surface area contributed by atoms with Gasteiger partial charge in [0.05, 0.1) is 5.52 Å². The summed E-state index contributed by atoms with van der Waals surface area (Å²) >= 11 is 1.86. The molecule has 90 valence electrons. The minimum atomic E-state index is 0.468. The molecule has 0 aliphatic carbocycles. The van der Waals surface area contributed by atoms with Crippen LogP contribution in [0.25, 0.3) is 10.9 Å². The molecule has 0 amide bonds. The number of nitrogens with one attached hydrogen (secondary N) is 1. The number of aromatic nitrogens is 1. The van der Waals surface area contributed by atoms with E-state index in [0.717, 1.165) is 17.0 Å².